The molecule has 138 valence electrons. The van der Waals surface area contributed by atoms with Crippen molar-refractivity contribution in [2.75, 3.05) is 23.5 Å². The normalized spacial score (nSPS) is 13.8. The van der Waals surface area contributed by atoms with Crippen molar-refractivity contribution in [2.45, 2.75) is 13.5 Å². The van der Waals surface area contributed by atoms with Crippen molar-refractivity contribution in [1.82, 2.24) is 9.97 Å². The van der Waals surface area contributed by atoms with Gasteiger partial charge >= 0.3 is 6.03 Å². The molecular formula is C19H19N5O3. The first kappa shape index (κ1) is 16.9. The Balaban J connectivity index is 1.87. The minimum atomic E-state index is -0.621. The summed E-state index contributed by atoms with van der Waals surface area (Å²) in [5.74, 6) is -0.120. The summed E-state index contributed by atoms with van der Waals surface area (Å²) in [7, 11) is 1.51. The highest BCUT2D eigenvalue weighted by atomic mass is 16.5. The highest BCUT2D eigenvalue weighted by Gasteiger charge is 2.34. The third kappa shape index (κ3) is 2.57. The topological polar surface area (TPSA) is 105 Å². The third-order valence-corrected chi connectivity index (χ3v) is 4.77. The number of benzene rings is 1. The van der Waals surface area contributed by atoms with Gasteiger partial charge in [0, 0.05) is 29.9 Å². The van der Waals surface area contributed by atoms with Crippen LogP contribution in [0.15, 0.2) is 36.7 Å². The molecule has 0 saturated carbocycles. The quantitative estimate of drug-likeness (QED) is 0.741. The number of carbonyl (C=O) groups excluding carboxylic acids is 2. The predicted molar refractivity (Wildman–Crippen MR) is 102 cm³/mol. The number of nitrogens with two attached hydrogens (primary N) is 1. The highest BCUT2D eigenvalue weighted by Crippen LogP contribution is 2.37. The first-order valence-electron chi connectivity index (χ1n) is 8.57. The third-order valence-electron chi connectivity index (χ3n) is 4.77. The van der Waals surface area contributed by atoms with Crippen LogP contribution >= 0.6 is 0 Å². The maximum absolute atomic E-state index is 13.3. The molecule has 0 spiro atoms. The number of nitrogens with one attached hydrogen (secondary N) is 1. The van der Waals surface area contributed by atoms with E-state index in [1.165, 1.54) is 7.11 Å². The Bertz CT molecular complexity index is 1060. The van der Waals surface area contributed by atoms with E-state index in [9.17, 15) is 9.59 Å². The second-order valence-electron chi connectivity index (χ2n) is 6.23. The summed E-state index contributed by atoms with van der Waals surface area (Å²) in [6.07, 6.45) is 3.56. The predicted octanol–water partition coefficient (Wildman–Crippen LogP) is 2.64. The summed E-state index contributed by atoms with van der Waals surface area (Å²) in [6, 6.07) is 6.62. The van der Waals surface area contributed by atoms with Crippen molar-refractivity contribution in [3.8, 4) is 5.75 Å². The lowest BCUT2D eigenvalue weighted by molar-refractivity contribution is 0.100. The van der Waals surface area contributed by atoms with Crippen molar-refractivity contribution >= 4 is 34.3 Å². The lowest BCUT2D eigenvalue weighted by atomic mass is 10.1. The van der Waals surface area contributed by atoms with Crippen LogP contribution in [0.3, 0.4) is 0 Å². The summed E-state index contributed by atoms with van der Waals surface area (Å²) in [5, 5.41) is 0.896. The van der Waals surface area contributed by atoms with Crippen molar-refractivity contribution in [3.05, 3.63) is 47.8 Å². The molecule has 0 unspecified atom stereocenters. The van der Waals surface area contributed by atoms with Crippen molar-refractivity contribution in [2.24, 2.45) is 5.73 Å². The molecule has 1 aliphatic heterocycles. The molecule has 0 radical (unpaired) electrons. The molecule has 3 amide bonds. The Morgan fingerprint density at radius 2 is 2.19 bits per heavy atom. The largest absolute Gasteiger partial charge is 0.497 e. The lowest BCUT2D eigenvalue weighted by Crippen LogP contribution is -2.48. The zero-order chi connectivity index (χ0) is 19.1. The van der Waals surface area contributed by atoms with E-state index < -0.39 is 5.91 Å². The number of methoxy groups -OCH3 is 1. The highest BCUT2D eigenvalue weighted by molar-refractivity contribution is 6.13. The number of ether oxygens (including phenoxy) is 1. The minimum Gasteiger partial charge on any atom is -0.497 e. The van der Waals surface area contributed by atoms with Gasteiger partial charge in [0.05, 0.1) is 30.6 Å². The number of hydrogen-bond donors (Lipinski definition) is 2. The zero-order valence-corrected chi connectivity index (χ0v) is 15.0. The van der Waals surface area contributed by atoms with Gasteiger partial charge in [0.25, 0.3) is 5.91 Å². The van der Waals surface area contributed by atoms with Crippen molar-refractivity contribution < 1.29 is 14.3 Å². The molecule has 0 aliphatic carbocycles. The van der Waals surface area contributed by atoms with Gasteiger partial charge in [0.1, 0.15) is 11.4 Å². The first-order valence-corrected chi connectivity index (χ1v) is 8.57. The Hall–Kier alpha value is -3.55. The number of hydrogen-bond acceptors (Lipinski definition) is 4. The van der Waals surface area contributed by atoms with E-state index in [2.05, 4.69) is 9.97 Å². The number of rotatable bonds is 4. The average molecular weight is 365 g/mol. The number of pyridine rings is 1. The molecule has 4 rings (SSSR count). The smallest absolute Gasteiger partial charge is 0.329 e. The number of primary amides is 1. The molecule has 3 heterocycles. The van der Waals surface area contributed by atoms with E-state index >= 15 is 0 Å². The van der Waals surface area contributed by atoms with Gasteiger partial charge in [-0.05, 0) is 31.2 Å². The zero-order valence-electron chi connectivity index (χ0n) is 15.0. The van der Waals surface area contributed by atoms with Gasteiger partial charge in [-0.1, -0.05) is 0 Å². The van der Waals surface area contributed by atoms with Crippen LogP contribution in [-0.2, 0) is 6.54 Å². The van der Waals surface area contributed by atoms with Gasteiger partial charge in [-0.25, -0.2) is 9.78 Å². The maximum Gasteiger partial charge on any atom is 0.329 e. The molecule has 3 aromatic rings. The average Bonchev–Trinajstić information content (AvgIpc) is 3.16. The van der Waals surface area contributed by atoms with Gasteiger partial charge < -0.3 is 15.5 Å². The Morgan fingerprint density at radius 3 is 2.89 bits per heavy atom. The number of H-pyrrole nitrogens is 1. The first-order chi connectivity index (χ1) is 13.0. The minimum absolute atomic E-state index is 0.216. The van der Waals surface area contributed by atoms with E-state index in [1.54, 1.807) is 40.4 Å². The summed E-state index contributed by atoms with van der Waals surface area (Å²) in [5.41, 5.74) is 8.71. The second kappa shape index (κ2) is 6.31. The van der Waals surface area contributed by atoms with Crippen LogP contribution in [0.25, 0.3) is 11.0 Å². The Kier molecular flexibility index (Phi) is 3.95. The number of amides is 3. The summed E-state index contributed by atoms with van der Waals surface area (Å²) in [4.78, 5) is 36.0. The summed E-state index contributed by atoms with van der Waals surface area (Å²) in [6.45, 7) is 2.69. The van der Waals surface area contributed by atoms with Crippen LogP contribution in [0.5, 0.6) is 5.75 Å². The van der Waals surface area contributed by atoms with Gasteiger partial charge in [0.2, 0.25) is 0 Å². The van der Waals surface area contributed by atoms with Crippen LogP contribution in [0.1, 0.15) is 22.8 Å². The van der Waals surface area contributed by atoms with Gasteiger partial charge in [-0.15, -0.1) is 0 Å². The Labute approximate surface area is 155 Å². The molecule has 0 atom stereocenters. The van der Waals surface area contributed by atoms with E-state index in [1.807, 2.05) is 13.0 Å². The summed E-state index contributed by atoms with van der Waals surface area (Å²) < 4.78 is 5.18. The Morgan fingerprint density at radius 1 is 1.37 bits per heavy atom. The number of anilines is 2. The molecule has 0 saturated heterocycles. The number of aromatic nitrogens is 2. The molecule has 0 fully saturated rings. The maximum atomic E-state index is 13.3. The van der Waals surface area contributed by atoms with Crippen LogP contribution in [0.4, 0.5) is 16.2 Å². The number of nitrogens with zero attached hydrogens (tertiary/aromatic N) is 3. The van der Waals surface area contributed by atoms with Crippen LogP contribution in [-0.4, -0.2) is 35.6 Å². The number of urea groups is 1. The molecule has 8 nitrogen and oxygen atoms in total. The van der Waals surface area contributed by atoms with E-state index in [-0.39, 0.29) is 11.6 Å². The molecule has 8 heteroatoms. The molecule has 1 aromatic carbocycles. The van der Waals surface area contributed by atoms with E-state index in [0.29, 0.717) is 24.5 Å². The fourth-order valence-electron chi connectivity index (χ4n) is 3.51. The van der Waals surface area contributed by atoms with Crippen LogP contribution in [0, 0.1) is 0 Å². The fraction of sp³-hybridized carbons (Fsp3) is 0.211. The van der Waals surface area contributed by atoms with Gasteiger partial charge in [-0.2, -0.15) is 0 Å². The SMILES string of the molecule is CCN1C(=O)N(c2ccc(OC)cc2C(N)=O)Cc2cnc3[nH]ccc3c21. The van der Waals surface area contributed by atoms with Gasteiger partial charge in [0.15, 0.2) is 0 Å². The fourth-order valence-corrected chi connectivity index (χ4v) is 3.51. The molecule has 1 aliphatic rings. The van der Waals surface area contributed by atoms with Crippen molar-refractivity contribution in [1.29, 1.82) is 0 Å². The molecule has 27 heavy (non-hydrogen) atoms. The molecular weight excluding hydrogens is 346 g/mol. The standard InChI is InChI=1S/C19H19N5O3/c1-3-23-16-11(9-22-18-13(16)6-7-21-18)10-24(19(23)26)15-5-4-12(27-2)8-14(15)17(20)25/h4-9H,3,10H2,1-2H3,(H2,20,25)(H,21,22). The van der Waals surface area contributed by atoms with Crippen LogP contribution in [0.2, 0.25) is 0 Å². The van der Waals surface area contributed by atoms with E-state index in [4.69, 9.17) is 10.5 Å². The molecule has 0 bridgehead atoms. The molecule has 3 N–H and O–H groups in total. The van der Waals surface area contributed by atoms with E-state index in [0.717, 1.165) is 22.3 Å². The summed E-state index contributed by atoms with van der Waals surface area (Å²) >= 11 is 0. The number of fused-ring (bicyclic) bond motifs is 3. The number of aromatic amines is 1. The van der Waals surface area contributed by atoms with Gasteiger partial charge in [-0.3, -0.25) is 14.6 Å². The number of carbonyl (C=O) groups is 2. The second-order valence-corrected chi connectivity index (χ2v) is 6.23. The monoisotopic (exact) mass is 365 g/mol. The van der Waals surface area contributed by atoms with Crippen LogP contribution < -0.4 is 20.3 Å². The lowest BCUT2D eigenvalue weighted by Gasteiger charge is -2.37. The molecule has 2 aromatic heterocycles. The van der Waals surface area contributed by atoms with Crippen molar-refractivity contribution in [3.63, 3.8) is 0 Å².